The molecule has 0 unspecified atom stereocenters. The van der Waals surface area contributed by atoms with Gasteiger partial charge in [0.15, 0.2) is 5.69 Å². The molecular weight excluding hydrogens is 232 g/mol. The number of rotatable bonds is 3. The topological polar surface area (TPSA) is 83.0 Å². The van der Waals surface area contributed by atoms with Gasteiger partial charge in [-0.25, -0.2) is 4.68 Å². The fourth-order valence-corrected chi connectivity index (χ4v) is 1.75. The fraction of sp³-hybridized carbons (Fsp3) is 0.250. The van der Waals surface area contributed by atoms with E-state index < -0.39 is 5.91 Å². The number of ether oxygens (including phenoxy) is 1. The molecule has 18 heavy (non-hydrogen) atoms. The number of aromatic nitrogens is 3. The van der Waals surface area contributed by atoms with E-state index in [0.717, 1.165) is 11.3 Å². The van der Waals surface area contributed by atoms with Crippen molar-refractivity contribution in [1.29, 1.82) is 0 Å². The molecule has 0 saturated heterocycles. The van der Waals surface area contributed by atoms with Crippen LogP contribution in [-0.4, -0.2) is 28.0 Å². The number of nitrogens with two attached hydrogens (primary N) is 1. The van der Waals surface area contributed by atoms with Gasteiger partial charge in [0.05, 0.1) is 12.8 Å². The van der Waals surface area contributed by atoms with Crippen LogP contribution in [0.3, 0.4) is 0 Å². The summed E-state index contributed by atoms with van der Waals surface area (Å²) in [5.74, 6) is 0.0648. The number of primary amides is 1. The van der Waals surface area contributed by atoms with E-state index in [1.54, 1.807) is 18.7 Å². The molecule has 6 heteroatoms. The Morgan fingerprint density at radius 1 is 1.39 bits per heavy atom. The van der Waals surface area contributed by atoms with Crippen molar-refractivity contribution in [2.24, 2.45) is 5.73 Å². The lowest BCUT2D eigenvalue weighted by atomic mass is 10.2. The number of hydrogen-bond acceptors (Lipinski definition) is 4. The summed E-state index contributed by atoms with van der Waals surface area (Å²) in [4.78, 5) is 11.2. The van der Waals surface area contributed by atoms with Gasteiger partial charge in [-0.05, 0) is 31.5 Å². The van der Waals surface area contributed by atoms with Crippen LogP contribution in [0.15, 0.2) is 18.2 Å². The number of amides is 1. The zero-order valence-electron chi connectivity index (χ0n) is 10.5. The first-order chi connectivity index (χ1) is 8.54. The maximum Gasteiger partial charge on any atom is 0.271 e. The molecule has 94 valence electrons. The average molecular weight is 246 g/mol. The molecule has 1 heterocycles. The Hall–Kier alpha value is -2.37. The van der Waals surface area contributed by atoms with Crippen LogP contribution in [0.2, 0.25) is 0 Å². The zero-order chi connectivity index (χ0) is 13.3. The molecule has 0 saturated carbocycles. The predicted octanol–water partition coefficient (Wildman–Crippen LogP) is 0.992. The second-order valence-electron chi connectivity index (χ2n) is 3.97. The summed E-state index contributed by atoms with van der Waals surface area (Å²) in [7, 11) is 1.58. The third-order valence-electron chi connectivity index (χ3n) is 2.69. The second kappa shape index (κ2) is 4.48. The van der Waals surface area contributed by atoms with Crippen LogP contribution in [0.1, 0.15) is 21.7 Å². The van der Waals surface area contributed by atoms with Crippen LogP contribution in [0.4, 0.5) is 0 Å². The van der Waals surface area contributed by atoms with Gasteiger partial charge in [0.1, 0.15) is 11.4 Å². The summed E-state index contributed by atoms with van der Waals surface area (Å²) >= 11 is 0. The third kappa shape index (κ3) is 1.92. The van der Waals surface area contributed by atoms with E-state index in [2.05, 4.69) is 10.3 Å². The summed E-state index contributed by atoms with van der Waals surface area (Å²) in [6.45, 7) is 3.70. The van der Waals surface area contributed by atoms with E-state index in [1.807, 2.05) is 25.1 Å². The largest absolute Gasteiger partial charge is 0.494 e. The molecule has 2 rings (SSSR count). The standard InChI is InChI=1S/C12H14N4O2/c1-7-4-5-10(18-3)9(6-7)16-8(2)11(12(13)17)14-15-16/h4-6H,1-3H3,(H2,13,17). The molecule has 2 aromatic rings. The highest BCUT2D eigenvalue weighted by atomic mass is 16.5. The first kappa shape index (κ1) is 12.1. The average Bonchev–Trinajstić information content (AvgIpc) is 2.71. The highest BCUT2D eigenvalue weighted by molar-refractivity contribution is 5.91. The second-order valence-corrected chi connectivity index (χ2v) is 3.97. The van der Waals surface area contributed by atoms with Crippen LogP contribution >= 0.6 is 0 Å². The molecule has 0 radical (unpaired) electrons. The lowest BCUT2D eigenvalue weighted by molar-refractivity contribution is 0.0995. The SMILES string of the molecule is COc1ccc(C)cc1-n1nnc(C(N)=O)c1C. The highest BCUT2D eigenvalue weighted by Crippen LogP contribution is 2.24. The lowest BCUT2D eigenvalue weighted by Crippen LogP contribution is -2.13. The van der Waals surface area contributed by atoms with Crippen molar-refractivity contribution >= 4 is 5.91 Å². The Balaban J connectivity index is 2.61. The molecular formula is C12H14N4O2. The van der Waals surface area contributed by atoms with E-state index in [0.29, 0.717) is 11.4 Å². The van der Waals surface area contributed by atoms with Crippen LogP contribution in [0.25, 0.3) is 5.69 Å². The first-order valence-electron chi connectivity index (χ1n) is 5.41. The number of benzene rings is 1. The maximum absolute atomic E-state index is 11.2. The molecule has 2 N–H and O–H groups in total. The Kier molecular flexibility index (Phi) is 3.01. The molecule has 0 aliphatic carbocycles. The Morgan fingerprint density at radius 2 is 2.11 bits per heavy atom. The molecule has 1 amide bonds. The molecule has 0 aliphatic rings. The van der Waals surface area contributed by atoms with E-state index >= 15 is 0 Å². The molecule has 0 bridgehead atoms. The van der Waals surface area contributed by atoms with E-state index in [4.69, 9.17) is 10.5 Å². The van der Waals surface area contributed by atoms with Crippen LogP contribution < -0.4 is 10.5 Å². The van der Waals surface area contributed by atoms with E-state index in [9.17, 15) is 4.79 Å². The number of carbonyl (C=O) groups is 1. The van der Waals surface area contributed by atoms with Crippen molar-refractivity contribution in [2.75, 3.05) is 7.11 Å². The van der Waals surface area contributed by atoms with Gasteiger partial charge >= 0.3 is 0 Å². The van der Waals surface area contributed by atoms with Gasteiger partial charge in [-0.1, -0.05) is 11.3 Å². The van der Waals surface area contributed by atoms with Gasteiger partial charge in [0.25, 0.3) is 5.91 Å². The number of aryl methyl sites for hydroxylation is 1. The van der Waals surface area contributed by atoms with Gasteiger partial charge in [-0.15, -0.1) is 5.10 Å². The first-order valence-corrected chi connectivity index (χ1v) is 5.41. The maximum atomic E-state index is 11.2. The van der Waals surface area contributed by atoms with Crippen LogP contribution in [0, 0.1) is 13.8 Å². The summed E-state index contributed by atoms with van der Waals surface area (Å²) in [6, 6.07) is 5.69. The normalized spacial score (nSPS) is 10.4. The minimum absolute atomic E-state index is 0.165. The summed E-state index contributed by atoms with van der Waals surface area (Å²) in [5, 5.41) is 7.72. The number of hydrogen-bond donors (Lipinski definition) is 1. The van der Waals surface area contributed by atoms with Gasteiger partial charge < -0.3 is 10.5 Å². The van der Waals surface area contributed by atoms with E-state index in [1.165, 1.54) is 0 Å². The van der Waals surface area contributed by atoms with Crippen molar-refractivity contribution in [2.45, 2.75) is 13.8 Å². The molecule has 0 fully saturated rings. The fourth-order valence-electron chi connectivity index (χ4n) is 1.75. The number of carbonyl (C=O) groups excluding carboxylic acids is 1. The molecule has 1 aromatic carbocycles. The monoisotopic (exact) mass is 246 g/mol. The Morgan fingerprint density at radius 3 is 2.67 bits per heavy atom. The molecule has 0 atom stereocenters. The Bertz CT molecular complexity index is 604. The van der Waals surface area contributed by atoms with Crippen molar-refractivity contribution < 1.29 is 9.53 Å². The van der Waals surface area contributed by atoms with Crippen LogP contribution in [-0.2, 0) is 0 Å². The predicted molar refractivity (Wildman–Crippen MR) is 65.9 cm³/mol. The zero-order valence-corrected chi connectivity index (χ0v) is 10.5. The van der Waals surface area contributed by atoms with Gasteiger partial charge in [0.2, 0.25) is 0 Å². The van der Waals surface area contributed by atoms with Gasteiger partial charge in [-0.3, -0.25) is 4.79 Å². The quantitative estimate of drug-likeness (QED) is 0.875. The summed E-state index contributed by atoms with van der Waals surface area (Å²) in [6.07, 6.45) is 0. The lowest BCUT2D eigenvalue weighted by Gasteiger charge is -2.10. The smallest absolute Gasteiger partial charge is 0.271 e. The highest BCUT2D eigenvalue weighted by Gasteiger charge is 2.16. The van der Waals surface area contributed by atoms with Gasteiger partial charge in [-0.2, -0.15) is 0 Å². The van der Waals surface area contributed by atoms with Crippen molar-refractivity contribution in [3.63, 3.8) is 0 Å². The van der Waals surface area contributed by atoms with E-state index in [-0.39, 0.29) is 5.69 Å². The summed E-state index contributed by atoms with van der Waals surface area (Å²) < 4.78 is 6.82. The molecule has 6 nitrogen and oxygen atoms in total. The van der Waals surface area contributed by atoms with Crippen LogP contribution in [0.5, 0.6) is 5.75 Å². The molecule has 0 spiro atoms. The molecule has 1 aromatic heterocycles. The van der Waals surface area contributed by atoms with Crippen molar-refractivity contribution in [3.8, 4) is 11.4 Å². The number of nitrogens with zero attached hydrogens (tertiary/aromatic N) is 3. The van der Waals surface area contributed by atoms with Crippen molar-refractivity contribution in [3.05, 3.63) is 35.2 Å². The summed E-state index contributed by atoms with van der Waals surface area (Å²) in [5.41, 5.74) is 7.76. The third-order valence-corrected chi connectivity index (χ3v) is 2.69. The van der Waals surface area contributed by atoms with Gasteiger partial charge in [0, 0.05) is 0 Å². The minimum atomic E-state index is -0.592. The van der Waals surface area contributed by atoms with Crippen molar-refractivity contribution in [1.82, 2.24) is 15.0 Å². The molecule has 0 aliphatic heterocycles. The number of methoxy groups -OCH3 is 1. The Labute approximate surface area is 104 Å². The minimum Gasteiger partial charge on any atom is -0.494 e.